The molecule has 4 heteroatoms. The molecule has 0 saturated carbocycles. The number of cyclic esters (lactones) is 1. The first-order chi connectivity index (χ1) is 7.18. The summed E-state index contributed by atoms with van der Waals surface area (Å²) in [5.41, 5.74) is 0.939. The second kappa shape index (κ2) is 3.81. The molecule has 1 aromatic carbocycles. The van der Waals surface area contributed by atoms with Crippen molar-refractivity contribution >= 4 is 6.09 Å². The first kappa shape index (κ1) is 9.83. The number of rotatable bonds is 1. The number of benzene rings is 1. The number of phenols is 1. The number of nitrogens with zero attached hydrogens (tertiary/aromatic N) is 1. The minimum absolute atomic E-state index is 0.00153. The number of carbonyl (C=O) groups is 1. The van der Waals surface area contributed by atoms with Gasteiger partial charge in [0.1, 0.15) is 5.75 Å². The maximum absolute atomic E-state index is 11.3. The fourth-order valence-electron chi connectivity index (χ4n) is 1.80. The Morgan fingerprint density at radius 2 is 2.33 bits per heavy atom. The smallest absolute Gasteiger partial charge is 0.410 e. The van der Waals surface area contributed by atoms with Gasteiger partial charge in [-0.05, 0) is 17.7 Å². The Balaban J connectivity index is 2.26. The lowest BCUT2D eigenvalue weighted by Gasteiger charge is -2.32. The van der Waals surface area contributed by atoms with Gasteiger partial charge in [-0.25, -0.2) is 4.79 Å². The molecule has 1 unspecified atom stereocenters. The minimum Gasteiger partial charge on any atom is -0.508 e. The molecule has 1 atom stereocenters. The van der Waals surface area contributed by atoms with E-state index in [1.54, 1.807) is 30.1 Å². The molecule has 2 rings (SSSR count). The predicted molar refractivity (Wildman–Crippen MR) is 54.6 cm³/mol. The van der Waals surface area contributed by atoms with Crippen LogP contribution in [0.5, 0.6) is 5.75 Å². The highest BCUT2D eigenvalue weighted by atomic mass is 16.6. The van der Waals surface area contributed by atoms with Crippen molar-refractivity contribution in [2.45, 2.75) is 12.5 Å². The first-order valence-corrected chi connectivity index (χ1v) is 4.87. The second-order valence-electron chi connectivity index (χ2n) is 3.62. The molecule has 1 amide bonds. The first-order valence-electron chi connectivity index (χ1n) is 4.87. The molecule has 0 aromatic heterocycles. The van der Waals surface area contributed by atoms with Gasteiger partial charge in [-0.1, -0.05) is 12.1 Å². The summed E-state index contributed by atoms with van der Waals surface area (Å²) < 4.78 is 4.90. The fraction of sp³-hybridized carbons (Fsp3) is 0.364. The summed E-state index contributed by atoms with van der Waals surface area (Å²) in [6.07, 6.45) is 0.445. The summed E-state index contributed by atoms with van der Waals surface area (Å²) in [5.74, 6) is 0.222. The van der Waals surface area contributed by atoms with Crippen molar-refractivity contribution in [3.05, 3.63) is 29.8 Å². The van der Waals surface area contributed by atoms with Crippen LogP contribution < -0.4 is 0 Å². The van der Waals surface area contributed by atoms with E-state index < -0.39 is 0 Å². The van der Waals surface area contributed by atoms with Crippen LogP contribution >= 0.6 is 0 Å². The van der Waals surface area contributed by atoms with Crippen molar-refractivity contribution in [2.75, 3.05) is 13.7 Å². The van der Waals surface area contributed by atoms with Crippen molar-refractivity contribution in [1.29, 1.82) is 0 Å². The zero-order chi connectivity index (χ0) is 10.8. The average Bonchev–Trinajstić information content (AvgIpc) is 2.22. The lowest BCUT2D eigenvalue weighted by Crippen LogP contribution is -2.37. The van der Waals surface area contributed by atoms with Gasteiger partial charge in [-0.3, -0.25) is 0 Å². The van der Waals surface area contributed by atoms with Gasteiger partial charge >= 0.3 is 6.09 Å². The van der Waals surface area contributed by atoms with Crippen LogP contribution in [-0.4, -0.2) is 29.8 Å². The summed E-state index contributed by atoms with van der Waals surface area (Å²) in [4.78, 5) is 12.9. The van der Waals surface area contributed by atoms with Gasteiger partial charge in [0.25, 0.3) is 0 Å². The Morgan fingerprint density at radius 3 is 3.07 bits per heavy atom. The Bertz CT molecular complexity index is 378. The van der Waals surface area contributed by atoms with Gasteiger partial charge in [-0.15, -0.1) is 0 Å². The van der Waals surface area contributed by atoms with E-state index in [0.29, 0.717) is 6.61 Å². The van der Waals surface area contributed by atoms with E-state index in [2.05, 4.69) is 0 Å². The Morgan fingerprint density at radius 1 is 1.53 bits per heavy atom. The second-order valence-corrected chi connectivity index (χ2v) is 3.62. The number of phenolic OH excluding ortho intramolecular Hbond substituents is 1. The van der Waals surface area contributed by atoms with E-state index in [0.717, 1.165) is 12.0 Å². The molecular formula is C11H13NO3. The molecule has 1 saturated heterocycles. The molecule has 1 fully saturated rings. The standard InChI is InChI=1S/C11H13NO3/c1-12-10(5-6-15-11(12)14)8-3-2-4-9(13)7-8/h2-4,7,10,13H,5-6H2,1H3. The Kier molecular flexibility index (Phi) is 2.49. The van der Waals surface area contributed by atoms with Crippen LogP contribution in [0.3, 0.4) is 0 Å². The van der Waals surface area contributed by atoms with Gasteiger partial charge in [-0.2, -0.15) is 0 Å². The molecule has 80 valence electrons. The monoisotopic (exact) mass is 207 g/mol. The van der Waals surface area contributed by atoms with Gasteiger partial charge in [0.05, 0.1) is 12.6 Å². The third kappa shape index (κ3) is 1.88. The lowest BCUT2D eigenvalue weighted by molar-refractivity contribution is 0.0558. The molecule has 0 spiro atoms. The molecule has 0 radical (unpaired) electrons. The van der Waals surface area contributed by atoms with Crippen LogP contribution in [0.1, 0.15) is 18.0 Å². The molecule has 1 aromatic rings. The van der Waals surface area contributed by atoms with Crippen LogP contribution in [0, 0.1) is 0 Å². The van der Waals surface area contributed by atoms with E-state index in [1.165, 1.54) is 0 Å². The van der Waals surface area contributed by atoms with Crippen LogP contribution in [0.25, 0.3) is 0 Å². The Labute approximate surface area is 88.1 Å². The fourth-order valence-corrected chi connectivity index (χ4v) is 1.80. The predicted octanol–water partition coefficient (Wildman–Crippen LogP) is 1.91. The molecule has 1 aliphatic rings. The van der Waals surface area contributed by atoms with E-state index in [-0.39, 0.29) is 17.9 Å². The number of amides is 1. The molecule has 1 heterocycles. The maximum Gasteiger partial charge on any atom is 0.410 e. The van der Waals surface area contributed by atoms with E-state index >= 15 is 0 Å². The third-order valence-corrected chi connectivity index (χ3v) is 2.63. The van der Waals surface area contributed by atoms with Gasteiger partial charge in [0.15, 0.2) is 0 Å². The van der Waals surface area contributed by atoms with Crippen molar-refractivity contribution in [2.24, 2.45) is 0 Å². The van der Waals surface area contributed by atoms with Crippen LogP contribution in [-0.2, 0) is 4.74 Å². The molecule has 0 bridgehead atoms. The third-order valence-electron chi connectivity index (χ3n) is 2.63. The van der Waals surface area contributed by atoms with Gasteiger partial charge in [0.2, 0.25) is 0 Å². The topological polar surface area (TPSA) is 49.8 Å². The quantitative estimate of drug-likeness (QED) is 0.765. The zero-order valence-electron chi connectivity index (χ0n) is 8.51. The molecule has 4 nitrogen and oxygen atoms in total. The number of ether oxygens (including phenoxy) is 1. The molecular weight excluding hydrogens is 194 g/mol. The zero-order valence-corrected chi connectivity index (χ0v) is 8.51. The van der Waals surface area contributed by atoms with Crippen LogP contribution in [0.15, 0.2) is 24.3 Å². The van der Waals surface area contributed by atoms with E-state index in [4.69, 9.17) is 4.74 Å². The highest BCUT2D eigenvalue weighted by Crippen LogP contribution is 2.28. The molecule has 15 heavy (non-hydrogen) atoms. The van der Waals surface area contributed by atoms with Gasteiger partial charge < -0.3 is 14.7 Å². The van der Waals surface area contributed by atoms with Gasteiger partial charge in [0, 0.05) is 13.5 Å². The highest BCUT2D eigenvalue weighted by molar-refractivity contribution is 5.68. The summed E-state index contributed by atoms with van der Waals surface area (Å²) in [7, 11) is 1.70. The van der Waals surface area contributed by atoms with E-state index in [9.17, 15) is 9.90 Å². The van der Waals surface area contributed by atoms with Crippen molar-refractivity contribution in [3.8, 4) is 5.75 Å². The lowest BCUT2D eigenvalue weighted by atomic mass is 10.0. The summed E-state index contributed by atoms with van der Waals surface area (Å²) in [6.45, 7) is 0.434. The summed E-state index contributed by atoms with van der Waals surface area (Å²) >= 11 is 0. The van der Waals surface area contributed by atoms with Crippen molar-refractivity contribution < 1.29 is 14.6 Å². The number of aromatic hydroxyl groups is 1. The van der Waals surface area contributed by atoms with Crippen molar-refractivity contribution in [3.63, 3.8) is 0 Å². The maximum atomic E-state index is 11.3. The SMILES string of the molecule is CN1C(=O)OCCC1c1cccc(O)c1. The largest absolute Gasteiger partial charge is 0.508 e. The van der Waals surface area contributed by atoms with Crippen molar-refractivity contribution in [1.82, 2.24) is 4.90 Å². The average molecular weight is 207 g/mol. The normalized spacial score (nSPS) is 21.3. The molecule has 1 N–H and O–H groups in total. The minimum atomic E-state index is -0.311. The number of carbonyl (C=O) groups excluding carboxylic acids is 1. The van der Waals surface area contributed by atoms with Crippen LogP contribution in [0.2, 0.25) is 0 Å². The summed E-state index contributed by atoms with van der Waals surface area (Å²) in [6, 6.07) is 6.97. The number of hydrogen-bond donors (Lipinski definition) is 1. The Hall–Kier alpha value is -1.71. The molecule has 1 aliphatic heterocycles. The van der Waals surface area contributed by atoms with Crippen LogP contribution in [0.4, 0.5) is 4.79 Å². The molecule has 0 aliphatic carbocycles. The summed E-state index contributed by atoms with van der Waals surface area (Å²) in [5, 5.41) is 9.36. The highest BCUT2D eigenvalue weighted by Gasteiger charge is 2.27. The number of hydrogen-bond acceptors (Lipinski definition) is 3. The van der Waals surface area contributed by atoms with E-state index in [1.807, 2.05) is 6.07 Å².